The highest BCUT2D eigenvalue weighted by Gasteiger charge is 2.43. The molecule has 0 radical (unpaired) electrons. The van der Waals surface area contributed by atoms with Crippen molar-refractivity contribution in [2.24, 2.45) is 0 Å². The second-order valence-corrected chi connectivity index (χ2v) is 6.79. The van der Waals surface area contributed by atoms with E-state index in [1.165, 1.54) is 42.0 Å². The van der Waals surface area contributed by atoms with Crippen molar-refractivity contribution >= 4 is 29.4 Å². The van der Waals surface area contributed by atoms with Crippen LogP contribution in [0.25, 0.3) is 0 Å². The largest absolute Gasteiger partial charge is 0.466 e. The molecule has 1 aliphatic heterocycles. The van der Waals surface area contributed by atoms with Gasteiger partial charge in [-0.1, -0.05) is 0 Å². The van der Waals surface area contributed by atoms with E-state index in [0.717, 1.165) is 12.1 Å². The lowest BCUT2D eigenvalue weighted by Crippen LogP contribution is -2.43. The third-order valence-electron chi connectivity index (χ3n) is 3.93. The molecule has 0 bridgehead atoms. The van der Waals surface area contributed by atoms with E-state index in [-0.39, 0.29) is 11.5 Å². The topological polar surface area (TPSA) is 76.8 Å². The molecule has 0 aliphatic carbocycles. The van der Waals surface area contributed by atoms with Gasteiger partial charge in [-0.3, -0.25) is 9.59 Å². The summed E-state index contributed by atoms with van der Waals surface area (Å²) >= 11 is 1.39. The van der Waals surface area contributed by atoms with E-state index >= 15 is 0 Å². The van der Waals surface area contributed by atoms with Gasteiger partial charge >= 0.3 is 5.97 Å². The highest BCUT2D eigenvalue weighted by Crippen LogP contribution is 2.41. The number of hydrogen-bond acceptors (Lipinski definition) is 6. The van der Waals surface area contributed by atoms with Crippen LogP contribution >= 0.6 is 11.8 Å². The first-order chi connectivity index (χ1) is 12.5. The Balaban J connectivity index is 1.64. The lowest BCUT2D eigenvalue weighted by molar-refractivity contribution is -0.152. The van der Waals surface area contributed by atoms with Gasteiger partial charge in [-0.25, -0.2) is 9.18 Å². The summed E-state index contributed by atoms with van der Waals surface area (Å²) in [7, 11) is 0. The molecule has 26 heavy (non-hydrogen) atoms. The number of furan rings is 1. The molecule has 1 aromatic carbocycles. The summed E-state index contributed by atoms with van der Waals surface area (Å²) in [6.45, 7) is 0.897. The minimum absolute atomic E-state index is 0.247. The Bertz CT molecular complexity index is 805. The number of Topliss-reactive ketones (excluding diaryl/α,β-unsaturated/α-hetero) is 1. The maximum absolute atomic E-state index is 12.9. The lowest BCUT2D eigenvalue weighted by atomic mass is 10.1. The first-order valence-electron chi connectivity index (χ1n) is 7.86. The Labute approximate surface area is 153 Å². The number of nitrogens with zero attached hydrogens (tertiary/aromatic N) is 1. The molecule has 0 saturated carbocycles. The Hall–Kier alpha value is -2.61. The average molecular weight is 377 g/mol. The molecule has 2 aromatic rings. The van der Waals surface area contributed by atoms with Gasteiger partial charge in [0.2, 0.25) is 5.91 Å². The summed E-state index contributed by atoms with van der Waals surface area (Å²) in [4.78, 5) is 37.9. The van der Waals surface area contributed by atoms with Crippen molar-refractivity contribution in [1.29, 1.82) is 0 Å². The predicted octanol–water partition coefficient (Wildman–Crippen LogP) is 2.81. The zero-order chi connectivity index (χ0) is 18.7. The number of ether oxygens (including phenoxy) is 1. The monoisotopic (exact) mass is 377 g/mol. The molecule has 0 N–H and O–H groups in total. The van der Waals surface area contributed by atoms with Gasteiger partial charge in [-0.2, -0.15) is 0 Å². The van der Waals surface area contributed by atoms with Crippen LogP contribution in [0, 0.1) is 5.82 Å². The first kappa shape index (κ1) is 18.2. The van der Waals surface area contributed by atoms with E-state index in [2.05, 4.69) is 0 Å². The number of esters is 1. The van der Waals surface area contributed by atoms with Crippen molar-refractivity contribution in [3.63, 3.8) is 0 Å². The summed E-state index contributed by atoms with van der Waals surface area (Å²) in [6.07, 6.45) is 1.50. The Morgan fingerprint density at radius 2 is 2.00 bits per heavy atom. The number of thioether (sulfide) groups is 1. The molecular weight excluding hydrogens is 361 g/mol. The molecule has 2 heterocycles. The van der Waals surface area contributed by atoms with Gasteiger partial charge < -0.3 is 14.1 Å². The van der Waals surface area contributed by atoms with Gasteiger partial charge in [0.1, 0.15) is 23.0 Å². The molecule has 1 aromatic heterocycles. The minimum Gasteiger partial charge on any atom is -0.466 e. The third-order valence-corrected chi connectivity index (χ3v) is 5.22. The number of carbonyl (C=O) groups excluding carboxylic acids is 3. The summed E-state index contributed by atoms with van der Waals surface area (Å²) in [5.41, 5.74) is 0.247. The number of hydrogen-bond donors (Lipinski definition) is 0. The average Bonchev–Trinajstić information content (AvgIpc) is 3.28. The summed E-state index contributed by atoms with van der Waals surface area (Å²) in [5, 5.41) is -0.409. The molecule has 1 aliphatic rings. The molecule has 1 saturated heterocycles. The highest BCUT2D eigenvalue weighted by atomic mass is 32.2. The van der Waals surface area contributed by atoms with Crippen molar-refractivity contribution in [2.75, 3.05) is 12.4 Å². The van der Waals surface area contributed by atoms with Gasteiger partial charge in [-0.15, -0.1) is 11.8 Å². The van der Waals surface area contributed by atoms with E-state index in [4.69, 9.17) is 9.15 Å². The molecule has 1 amide bonds. The summed E-state index contributed by atoms with van der Waals surface area (Å²) in [5.74, 6) is -0.930. The zero-order valence-corrected chi connectivity index (χ0v) is 14.7. The van der Waals surface area contributed by atoms with E-state index < -0.39 is 35.6 Å². The quantitative estimate of drug-likeness (QED) is 0.589. The number of benzene rings is 1. The molecule has 1 fully saturated rings. The fourth-order valence-electron chi connectivity index (χ4n) is 2.68. The van der Waals surface area contributed by atoms with Crippen molar-refractivity contribution in [3.05, 3.63) is 59.8 Å². The number of amides is 1. The fourth-order valence-corrected chi connectivity index (χ4v) is 4.09. The SMILES string of the molecule is CC(=O)N1[C@H](C(=O)OCC(=O)c2ccc(F)cc2)CS[C@H]1c1ccco1. The molecule has 6 nitrogen and oxygen atoms in total. The van der Waals surface area contributed by atoms with E-state index in [0.29, 0.717) is 11.5 Å². The summed E-state index contributed by atoms with van der Waals surface area (Å²) in [6, 6.07) is 7.62. The molecule has 8 heteroatoms. The second kappa shape index (κ2) is 7.74. The lowest BCUT2D eigenvalue weighted by Gasteiger charge is -2.25. The van der Waals surface area contributed by atoms with Crippen molar-refractivity contribution < 1.29 is 27.9 Å². The van der Waals surface area contributed by atoms with Gasteiger partial charge in [0, 0.05) is 18.2 Å². The van der Waals surface area contributed by atoms with Crippen LogP contribution < -0.4 is 0 Å². The second-order valence-electron chi connectivity index (χ2n) is 5.68. The fraction of sp³-hybridized carbons (Fsp3) is 0.278. The third kappa shape index (κ3) is 3.80. The van der Waals surface area contributed by atoms with Gasteiger partial charge in [0.15, 0.2) is 12.4 Å². The smallest absolute Gasteiger partial charge is 0.330 e. The van der Waals surface area contributed by atoms with Crippen LogP contribution in [0.5, 0.6) is 0 Å². The Morgan fingerprint density at radius 3 is 2.62 bits per heavy atom. The molecular formula is C18H16FNO5S. The number of ketones is 1. The minimum atomic E-state index is -0.798. The first-order valence-corrected chi connectivity index (χ1v) is 8.91. The molecule has 3 rings (SSSR count). The van der Waals surface area contributed by atoms with Gasteiger partial charge in [0.25, 0.3) is 0 Å². The maximum atomic E-state index is 12.9. The van der Waals surface area contributed by atoms with Gasteiger partial charge in [0.05, 0.1) is 6.26 Å². The molecule has 0 unspecified atom stereocenters. The van der Waals surface area contributed by atoms with Crippen LogP contribution in [0.15, 0.2) is 47.1 Å². The zero-order valence-electron chi connectivity index (χ0n) is 13.9. The van der Waals surface area contributed by atoms with Crippen molar-refractivity contribution in [1.82, 2.24) is 4.90 Å². The molecule has 2 atom stereocenters. The van der Waals surface area contributed by atoms with E-state index in [1.54, 1.807) is 12.1 Å². The number of halogens is 1. The van der Waals surface area contributed by atoms with Crippen molar-refractivity contribution in [2.45, 2.75) is 18.3 Å². The van der Waals surface area contributed by atoms with Crippen LogP contribution in [-0.4, -0.2) is 41.0 Å². The number of rotatable bonds is 5. The van der Waals surface area contributed by atoms with Crippen LogP contribution in [-0.2, 0) is 14.3 Å². The Kier molecular flexibility index (Phi) is 5.41. The van der Waals surface area contributed by atoms with Crippen LogP contribution in [0.3, 0.4) is 0 Å². The van der Waals surface area contributed by atoms with Crippen molar-refractivity contribution in [3.8, 4) is 0 Å². The molecule has 0 spiro atoms. The standard InChI is InChI=1S/C18H16FNO5S/c1-11(21)20-14(10-26-17(20)16-3-2-8-24-16)18(23)25-9-15(22)12-4-6-13(19)7-5-12/h2-8,14,17H,9-10H2,1H3/t14-,17-/m0/s1. The maximum Gasteiger partial charge on any atom is 0.330 e. The van der Waals surface area contributed by atoms with Crippen LogP contribution in [0.1, 0.15) is 28.4 Å². The predicted molar refractivity (Wildman–Crippen MR) is 91.9 cm³/mol. The normalized spacial score (nSPS) is 19.4. The highest BCUT2D eigenvalue weighted by molar-refractivity contribution is 7.99. The van der Waals surface area contributed by atoms with Gasteiger partial charge in [-0.05, 0) is 36.4 Å². The van der Waals surface area contributed by atoms with E-state index in [9.17, 15) is 18.8 Å². The Morgan fingerprint density at radius 1 is 1.27 bits per heavy atom. The van der Waals surface area contributed by atoms with Crippen LogP contribution in [0.4, 0.5) is 4.39 Å². The summed E-state index contributed by atoms with van der Waals surface area (Å²) < 4.78 is 23.3. The molecule has 136 valence electrons. The van der Waals surface area contributed by atoms with Crippen LogP contribution in [0.2, 0.25) is 0 Å². The number of carbonyl (C=O) groups is 3. The van der Waals surface area contributed by atoms with E-state index in [1.807, 2.05) is 0 Å².